The lowest BCUT2D eigenvalue weighted by atomic mass is 10.1. The number of ether oxygens (including phenoxy) is 1. The first-order chi connectivity index (χ1) is 14.3. The third kappa shape index (κ3) is 5.53. The number of aryl methyl sites for hydroxylation is 1. The summed E-state index contributed by atoms with van der Waals surface area (Å²) < 4.78 is 5.89. The van der Waals surface area contributed by atoms with E-state index in [4.69, 9.17) is 27.9 Å². The van der Waals surface area contributed by atoms with E-state index < -0.39 is 18.4 Å². The van der Waals surface area contributed by atoms with E-state index >= 15 is 0 Å². The van der Waals surface area contributed by atoms with Crippen LogP contribution in [0.3, 0.4) is 0 Å². The second-order valence-electron chi connectivity index (χ2n) is 6.71. The van der Waals surface area contributed by atoms with E-state index in [2.05, 4.69) is 0 Å². The molecule has 3 aromatic carbocycles. The van der Waals surface area contributed by atoms with E-state index in [1.165, 1.54) is 4.90 Å². The first-order valence-electron chi connectivity index (χ1n) is 9.12. The average molecular weight is 444 g/mol. The lowest BCUT2D eigenvalue weighted by Gasteiger charge is -2.22. The van der Waals surface area contributed by atoms with Gasteiger partial charge in [0.1, 0.15) is 18.0 Å². The fourth-order valence-corrected chi connectivity index (χ4v) is 3.18. The van der Waals surface area contributed by atoms with Crippen LogP contribution in [0.4, 0.5) is 0 Å². The molecule has 0 atom stereocenters. The Labute approximate surface area is 184 Å². The number of para-hydroxylation sites is 1. The zero-order chi connectivity index (χ0) is 21.7. The summed E-state index contributed by atoms with van der Waals surface area (Å²) in [7, 11) is 0. The molecule has 0 aromatic heterocycles. The molecular formula is C23H19Cl2NO4. The largest absolute Gasteiger partial charge is 0.480 e. The van der Waals surface area contributed by atoms with Crippen LogP contribution < -0.4 is 4.74 Å². The zero-order valence-electron chi connectivity index (χ0n) is 16.1. The van der Waals surface area contributed by atoms with Crippen LogP contribution in [0.2, 0.25) is 10.0 Å². The summed E-state index contributed by atoms with van der Waals surface area (Å²) >= 11 is 12.0. The van der Waals surface area contributed by atoms with Crippen LogP contribution >= 0.6 is 23.2 Å². The number of hydrogen-bond donors (Lipinski definition) is 1. The molecule has 1 amide bonds. The van der Waals surface area contributed by atoms with Gasteiger partial charge in [-0.2, -0.15) is 0 Å². The lowest BCUT2D eigenvalue weighted by Crippen LogP contribution is -2.35. The number of amides is 1. The maximum Gasteiger partial charge on any atom is 0.323 e. The standard InChI is InChI=1S/C23H19Cl2NO4/c1-15-6-9-17(10-7-15)30-21-5-3-2-4-18(21)23(29)26(14-22(27)28)13-16-8-11-19(24)20(25)12-16/h2-12H,13-14H2,1H3,(H,27,28). The van der Waals surface area contributed by atoms with Gasteiger partial charge in [0, 0.05) is 6.54 Å². The van der Waals surface area contributed by atoms with Crippen molar-refractivity contribution in [3.05, 3.63) is 93.5 Å². The number of carbonyl (C=O) groups excluding carboxylic acids is 1. The molecule has 5 nitrogen and oxygen atoms in total. The van der Waals surface area contributed by atoms with Crippen molar-refractivity contribution in [3.63, 3.8) is 0 Å². The molecule has 0 aliphatic rings. The second kappa shape index (κ2) is 9.65. The molecule has 0 saturated heterocycles. The molecule has 0 heterocycles. The van der Waals surface area contributed by atoms with Crippen molar-refractivity contribution in [3.8, 4) is 11.5 Å². The molecule has 3 aromatic rings. The van der Waals surface area contributed by atoms with E-state index in [0.717, 1.165) is 5.56 Å². The summed E-state index contributed by atoms with van der Waals surface area (Å²) in [4.78, 5) is 25.8. The topological polar surface area (TPSA) is 66.8 Å². The van der Waals surface area contributed by atoms with Gasteiger partial charge in [0.2, 0.25) is 0 Å². The van der Waals surface area contributed by atoms with Crippen molar-refractivity contribution in [2.45, 2.75) is 13.5 Å². The van der Waals surface area contributed by atoms with Crippen LogP contribution in [-0.2, 0) is 11.3 Å². The predicted molar refractivity (Wildman–Crippen MR) is 117 cm³/mol. The Morgan fingerprint density at radius 2 is 1.67 bits per heavy atom. The van der Waals surface area contributed by atoms with Gasteiger partial charge in [-0.3, -0.25) is 9.59 Å². The molecular weight excluding hydrogens is 425 g/mol. The number of hydrogen-bond acceptors (Lipinski definition) is 3. The summed E-state index contributed by atoms with van der Waals surface area (Å²) in [5.41, 5.74) is 2.01. The fourth-order valence-electron chi connectivity index (χ4n) is 2.86. The highest BCUT2D eigenvalue weighted by atomic mass is 35.5. The SMILES string of the molecule is Cc1ccc(Oc2ccccc2C(=O)N(CC(=O)O)Cc2ccc(Cl)c(Cl)c2)cc1. The Kier molecular flexibility index (Phi) is 6.98. The highest BCUT2D eigenvalue weighted by Gasteiger charge is 2.22. The minimum atomic E-state index is -1.12. The number of carbonyl (C=O) groups is 2. The van der Waals surface area contributed by atoms with Gasteiger partial charge in [-0.05, 0) is 48.9 Å². The van der Waals surface area contributed by atoms with E-state index in [-0.39, 0.29) is 12.1 Å². The lowest BCUT2D eigenvalue weighted by molar-refractivity contribution is -0.137. The Balaban J connectivity index is 1.89. The molecule has 30 heavy (non-hydrogen) atoms. The van der Waals surface area contributed by atoms with Gasteiger partial charge < -0.3 is 14.7 Å². The van der Waals surface area contributed by atoms with E-state index in [0.29, 0.717) is 27.1 Å². The molecule has 0 bridgehead atoms. The van der Waals surface area contributed by atoms with Gasteiger partial charge in [0.25, 0.3) is 5.91 Å². The summed E-state index contributed by atoms with van der Waals surface area (Å²) in [6, 6.07) is 19.1. The van der Waals surface area contributed by atoms with Crippen molar-refractivity contribution >= 4 is 35.1 Å². The van der Waals surface area contributed by atoms with Crippen molar-refractivity contribution < 1.29 is 19.4 Å². The second-order valence-corrected chi connectivity index (χ2v) is 7.53. The molecule has 7 heteroatoms. The quantitative estimate of drug-likeness (QED) is 0.499. The summed E-state index contributed by atoms with van der Waals surface area (Å²) in [6.45, 7) is 1.55. The van der Waals surface area contributed by atoms with Crippen LogP contribution in [0.5, 0.6) is 11.5 Å². The summed E-state index contributed by atoms with van der Waals surface area (Å²) in [6.07, 6.45) is 0. The number of carboxylic acids is 1. The molecule has 0 fully saturated rings. The van der Waals surface area contributed by atoms with Gasteiger partial charge in [0.15, 0.2) is 0 Å². The number of benzene rings is 3. The maximum absolute atomic E-state index is 13.2. The minimum Gasteiger partial charge on any atom is -0.480 e. The third-order valence-electron chi connectivity index (χ3n) is 4.34. The number of carboxylic acid groups (broad SMARTS) is 1. The van der Waals surface area contributed by atoms with Crippen molar-refractivity contribution in [2.24, 2.45) is 0 Å². The van der Waals surface area contributed by atoms with Crippen LogP contribution in [0, 0.1) is 6.92 Å². The first kappa shape index (κ1) is 21.7. The summed E-state index contributed by atoms with van der Waals surface area (Å²) in [5.74, 6) is -0.669. The fraction of sp³-hybridized carbons (Fsp3) is 0.130. The Morgan fingerprint density at radius 1 is 0.967 bits per heavy atom. The first-order valence-corrected chi connectivity index (χ1v) is 9.87. The van der Waals surface area contributed by atoms with Gasteiger partial charge in [-0.25, -0.2) is 0 Å². The Morgan fingerprint density at radius 3 is 2.33 bits per heavy atom. The monoisotopic (exact) mass is 443 g/mol. The highest BCUT2D eigenvalue weighted by molar-refractivity contribution is 6.42. The van der Waals surface area contributed by atoms with E-state index in [1.54, 1.807) is 54.6 Å². The van der Waals surface area contributed by atoms with Crippen molar-refractivity contribution in [2.75, 3.05) is 6.54 Å². The van der Waals surface area contributed by atoms with E-state index in [1.807, 2.05) is 19.1 Å². The molecule has 0 spiro atoms. The molecule has 0 unspecified atom stereocenters. The summed E-state index contributed by atoms with van der Waals surface area (Å²) in [5, 5.41) is 10.0. The minimum absolute atomic E-state index is 0.0564. The Hall–Kier alpha value is -3.02. The van der Waals surface area contributed by atoms with Crippen molar-refractivity contribution in [1.29, 1.82) is 0 Å². The molecule has 3 rings (SSSR count). The van der Waals surface area contributed by atoms with Crippen LogP contribution in [0.1, 0.15) is 21.5 Å². The molecule has 0 radical (unpaired) electrons. The van der Waals surface area contributed by atoms with Crippen LogP contribution in [0.15, 0.2) is 66.7 Å². The number of aliphatic carboxylic acids is 1. The van der Waals surface area contributed by atoms with Gasteiger partial charge in [-0.15, -0.1) is 0 Å². The van der Waals surface area contributed by atoms with E-state index in [9.17, 15) is 14.7 Å². The molecule has 0 aliphatic heterocycles. The smallest absolute Gasteiger partial charge is 0.323 e. The molecule has 0 saturated carbocycles. The highest BCUT2D eigenvalue weighted by Crippen LogP contribution is 2.28. The molecule has 1 N–H and O–H groups in total. The predicted octanol–water partition coefficient (Wildman–Crippen LogP) is 5.82. The normalized spacial score (nSPS) is 10.5. The number of nitrogens with zero attached hydrogens (tertiary/aromatic N) is 1. The maximum atomic E-state index is 13.2. The van der Waals surface area contributed by atoms with Crippen LogP contribution in [0.25, 0.3) is 0 Å². The molecule has 154 valence electrons. The van der Waals surface area contributed by atoms with Crippen LogP contribution in [-0.4, -0.2) is 28.4 Å². The molecule has 0 aliphatic carbocycles. The number of rotatable bonds is 7. The zero-order valence-corrected chi connectivity index (χ0v) is 17.7. The Bertz CT molecular complexity index is 1070. The third-order valence-corrected chi connectivity index (χ3v) is 5.08. The van der Waals surface area contributed by atoms with Gasteiger partial charge in [0.05, 0.1) is 15.6 Å². The van der Waals surface area contributed by atoms with Crippen molar-refractivity contribution in [1.82, 2.24) is 4.90 Å². The van der Waals surface area contributed by atoms with Gasteiger partial charge in [-0.1, -0.05) is 59.1 Å². The number of halogens is 2. The van der Waals surface area contributed by atoms with Gasteiger partial charge >= 0.3 is 5.97 Å². The average Bonchev–Trinajstić information content (AvgIpc) is 2.71.